The van der Waals surface area contributed by atoms with Gasteiger partial charge < -0.3 is 5.32 Å². The molecule has 2 atom stereocenters. The summed E-state index contributed by atoms with van der Waals surface area (Å²) >= 11 is 5.47. The van der Waals surface area contributed by atoms with Crippen LogP contribution in [0.25, 0.3) is 0 Å². The average Bonchev–Trinajstić information content (AvgIpc) is 2.77. The van der Waals surface area contributed by atoms with Crippen LogP contribution in [0.3, 0.4) is 0 Å². The van der Waals surface area contributed by atoms with E-state index in [2.05, 4.69) is 18.3 Å². The molecule has 0 saturated heterocycles. The zero-order chi connectivity index (χ0) is 8.10. The summed E-state index contributed by atoms with van der Waals surface area (Å²) in [4.78, 5) is 0. The highest BCUT2D eigenvalue weighted by Crippen LogP contribution is 2.32. The van der Waals surface area contributed by atoms with Gasteiger partial charge in [-0.05, 0) is 12.3 Å². The maximum atomic E-state index is 5.47. The van der Waals surface area contributed by atoms with E-state index in [0.717, 1.165) is 18.5 Å². The number of alkyl halides is 1. The van der Waals surface area contributed by atoms with Gasteiger partial charge in [0, 0.05) is 18.5 Å². The van der Waals surface area contributed by atoms with Crippen molar-refractivity contribution in [2.45, 2.75) is 25.8 Å². The van der Waals surface area contributed by atoms with Crippen LogP contribution in [-0.4, -0.2) is 18.5 Å². The number of rotatable bonds is 5. The predicted octanol–water partition coefficient (Wildman–Crippen LogP) is 2.17. The molecular formula is C9H16ClN. The molecule has 1 nitrogen and oxygen atoms in total. The largest absolute Gasteiger partial charge is 0.310 e. The summed E-state index contributed by atoms with van der Waals surface area (Å²) in [5, 5.41) is 3.45. The van der Waals surface area contributed by atoms with Crippen LogP contribution in [0.2, 0.25) is 0 Å². The van der Waals surface area contributed by atoms with Crippen molar-refractivity contribution in [2.75, 3.05) is 12.4 Å². The third-order valence-corrected chi connectivity index (χ3v) is 2.38. The summed E-state index contributed by atoms with van der Waals surface area (Å²) in [5.74, 6) is 1.57. The topological polar surface area (TPSA) is 12.0 Å². The minimum absolute atomic E-state index is 0.629. The van der Waals surface area contributed by atoms with E-state index in [1.54, 1.807) is 0 Å². The molecule has 1 N–H and O–H groups in total. The van der Waals surface area contributed by atoms with Crippen LogP contribution < -0.4 is 5.32 Å². The summed E-state index contributed by atoms with van der Waals surface area (Å²) in [6, 6.07) is 0.792. The first kappa shape index (κ1) is 9.08. The molecule has 1 rings (SSSR count). The van der Waals surface area contributed by atoms with Gasteiger partial charge in [-0.3, -0.25) is 0 Å². The lowest BCUT2D eigenvalue weighted by molar-refractivity contribution is 0.661. The van der Waals surface area contributed by atoms with E-state index in [1.165, 1.54) is 12.8 Å². The second kappa shape index (κ2) is 4.78. The second-order valence-electron chi connectivity index (χ2n) is 3.04. The fourth-order valence-corrected chi connectivity index (χ4v) is 1.44. The van der Waals surface area contributed by atoms with E-state index in [0.29, 0.717) is 5.88 Å². The Morgan fingerprint density at radius 3 is 2.91 bits per heavy atom. The van der Waals surface area contributed by atoms with Crippen molar-refractivity contribution >= 4 is 11.6 Å². The van der Waals surface area contributed by atoms with E-state index in [9.17, 15) is 0 Å². The highest BCUT2D eigenvalue weighted by Gasteiger charge is 2.33. The minimum atomic E-state index is 0.629. The Labute approximate surface area is 73.8 Å². The van der Waals surface area contributed by atoms with Crippen molar-refractivity contribution in [3.8, 4) is 0 Å². The smallest absolute Gasteiger partial charge is 0.0404 e. The zero-order valence-electron chi connectivity index (χ0n) is 7.02. The number of hydrogen-bond donors (Lipinski definition) is 1. The minimum Gasteiger partial charge on any atom is -0.310 e. The molecule has 1 fully saturated rings. The number of nitrogens with one attached hydrogen (secondary N) is 1. The molecule has 0 heterocycles. The molecule has 2 heteroatoms. The Morgan fingerprint density at radius 2 is 2.36 bits per heavy atom. The molecule has 0 amide bonds. The van der Waals surface area contributed by atoms with E-state index in [1.807, 2.05) is 6.08 Å². The van der Waals surface area contributed by atoms with Gasteiger partial charge in [0.2, 0.25) is 0 Å². The third-order valence-electron chi connectivity index (χ3n) is 2.20. The fraction of sp³-hybridized carbons (Fsp3) is 0.778. The monoisotopic (exact) mass is 173 g/mol. The van der Waals surface area contributed by atoms with Crippen LogP contribution in [0.15, 0.2) is 12.2 Å². The lowest BCUT2D eigenvalue weighted by atomic mass is 10.3. The molecule has 0 aliphatic heterocycles. The first-order chi connectivity index (χ1) is 5.38. The van der Waals surface area contributed by atoms with E-state index >= 15 is 0 Å². The van der Waals surface area contributed by atoms with Gasteiger partial charge in [0.05, 0.1) is 0 Å². The molecule has 1 aliphatic carbocycles. The second-order valence-corrected chi connectivity index (χ2v) is 3.35. The third kappa shape index (κ3) is 3.26. The molecule has 0 aromatic carbocycles. The van der Waals surface area contributed by atoms with Crippen molar-refractivity contribution in [2.24, 2.45) is 5.92 Å². The first-order valence-electron chi connectivity index (χ1n) is 4.32. The number of halogens is 1. The summed E-state index contributed by atoms with van der Waals surface area (Å²) in [6.45, 7) is 3.23. The zero-order valence-corrected chi connectivity index (χ0v) is 7.77. The molecule has 64 valence electrons. The van der Waals surface area contributed by atoms with E-state index in [-0.39, 0.29) is 0 Å². The first-order valence-corrected chi connectivity index (χ1v) is 4.86. The van der Waals surface area contributed by atoms with Gasteiger partial charge in [-0.2, -0.15) is 0 Å². The number of allylic oxidation sites excluding steroid dienone is 1. The van der Waals surface area contributed by atoms with E-state index in [4.69, 9.17) is 11.6 Å². The van der Waals surface area contributed by atoms with Crippen LogP contribution >= 0.6 is 11.6 Å². The van der Waals surface area contributed by atoms with Crippen molar-refractivity contribution in [1.29, 1.82) is 0 Å². The summed E-state index contributed by atoms with van der Waals surface area (Å²) < 4.78 is 0. The van der Waals surface area contributed by atoms with Gasteiger partial charge in [0.1, 0.15) is 0 Å². The Balaban J connectivity index is 1.93. The van der Waals surface area contributed by atoms with E-state index < -0.39 is 0 Å². The average molecular weight is 174 g/mol. The van der Waals surface area contributed by atoms with Crippen molar-refractivity contribution in [3.63, 3.8) is 0 Å². The van der Waals surface area contributed by atoms with Crippen LogP contribution in [0.1, 0.15) is 19.8 Å². The van der Waals surface area contributed by atoms with Gasteiger partial charge in [-0.25, -0.2) is 0 Å². The Bertz CT molecular complexity index is 134. The Kier molecular flexibility index (Phi) is 3.95. The van der Waals surface area contributed by atoms with Crippen LogP contribution in [0.5, 0.6) is 0 Å². The molecule has 0 aromatic rings. The standard InChI is InChI=1S/C9H16ClN/c1-2-8-7-9(8)11-6-4-3-5-10/h3-4,8-9,11H,2,5-7H2,1H3/b4-3+. The predicted molar refractivity (Wildman–Crippen MR) is 50.0 cm³/mol. The molecule has 0 bridgehead atoms. The molecule has 0 spiro atoms. The fourth-order valence-electron chi connectivity index (χ4n) is 1.31. The maximum absolute atomic E-state index is 5.47. The van der Waals surface area contributed by atoms with Crippen molar-refractivity contribution in [1.82, 2.24) is 5.32 Å². The number of hydrogen-bond acceptors (Lipinski definition) is 1. The maximum Gasteiger partial charge on any atom is 0.0404 e. The van der Waals surface area contributed by atoms with Crippen molar-refractivity contribution in [3.05, 3.63) is 12.2 Å². The highest BCUT2D eigenvalue weighted by atomic mass is 35.5. The van der Waals surface area contributed by atoms with Crippen LogP contribution in [0.4, 0.5) is 0 Å². The summed E-state index contributed by atoms with van der Waals surface area (Å²) in [5.41, 5.74) is 0. The van der Waals surface area contributed by atoms with Gasteiger partial charge >= 0.3 is 0 Å². The van der Waals surface area contributed by atoms with Gasteiger partial charge in [0.15, 0.2) is 0 Å². The molecule has 0 aromatic heterocycles. The van der Waals surface area contributed by atoms with Gasteiger partial charge in [-0.15, -0.1) is 11.6 Å². The molecule has 1 aliphatic rings. The van der Waals surface area contributed by atoms with Gasteiger partial charge in [0.25, 0.3) is 0 Å². The Hall–Kier alpha value is -0.0100. The SMILES string of the molecule is CCC1CC1NC/C=C/CCl. The van der Waals surface area contributed by atoms with Crippen LogP contribution in [0, 0.1) is 5.92 Å². The summed E-state index contributed by atoms with van der Waals surface area (Å²) in [7, 11) is 0. The molecular weight excluding hydrogens is 158 g/mol. The van der Waals surface area contributed by atoms with Crippen molar-refractivity contribution < 1.29 is 0 Å². The van der Waals surface area contributed by atoms with Crippen LogP contribution in [-0.2, 0) is 0 Å². The molecule has 0 radical (unpaired) electrons. The lowest BCUT2D eigenvalue weighted by Gasteiger charge is -1.96. The Morgan fingerprint density at radius 1 is 1.55 bits per heavy atom. The van der Waals surface area contributed by atoms with Gasteiger partial charge in [-0.1, -0.05) is 25.5 Å². The lowest BCUT2D eigenvalue weighted by Crippen LogP contribution is -2.17. The molecule has 2 unspecified atom stereocenters. The highest BCUT2D eigenvalue weighted by molar-refractivity contribution is 6.18. The molecule has 11 heavy (non-hydrogen) atoms. The quantitative estimate of drug-likeness (QED) is 0.497. The summed E-state index contributed by atoms with van der Waals surface area (Å²) in [6.07, 6.45) is 6.76. The molecule has 1 saturated carbocycles. The normalized spacial score (nSPS) is 29.6.